The maximum Gasteiger partial charge on any atom is 0.329 e. The van der Waals surface area contributed by atoms with Gasteiger partial charge in [0.05, 0.1) is 0 Å². The fraction of sp³-hybridized carbons (Fsp3) is 0.857. The van der Waals surface area contributed by atoms with Crippen LogP contribution >= 0.6 is 11.8 Å². The Morgan fingerprint density at radius 3 is 2.47 bits per heavy atom. The molecule has 1 saturated carbocycles. The van der Waals surface area contributed by atoms with Gasteiger partial charge < -0.3 is 10.4 Å². The molecule has 0 bridgehead atoms. The van der Waals surface area contributed by atoms with E-state index in [9.17, 15) is 14.7 Å². The van der Waals surface area contributed by atoms with E-state index in [-0.39, 0.29) is 11.8 Å². The summed E-state index contributed by atoms with van der Waals surface area (Å²) in [5.74, 6) is 1.55. The average molecular weight is 285 g/mol. The normalized spacial score (nSPS) is 35.0. The third-order valence-electron chi connectivity index (χ3n) is 4.61. The van der Waals surface area contributed by atoms with E-state index < -0.39 is 11.5 Å². The van der Waals surface area contributed by atoms with E-state index >= 15 is 0 Å². The highest BCUT2D eigenvalue weighted by Gasteiger charge is 2.44. The predicted molar refractivity (Wildman–Crippen MR) is 76.2 cm³/mol. The van der Waals surface area contributed by atoms with Crippen molar-refractivity contribution in [2.75, 3.05) is 11.5 Å². The lowest BCUT2D eigenvalue weighted by Gasteiger charge is -2.37. The standard InChI is InChI=1S/C14H23NO3S/c1-2-10-3-6-14(7-4-10,13(17)18)15-12(16)11-5-8-19-9-11/h10-11H,2-9H2,1H3,(H,15,16)(H,17,18). The summed E-state index contributed by atoms with van der Waals surface area (Å²) in [5, 5.41) is 12.4. The van der Waals surface area contributed by atoms with E-state index in [2.05, 4.69) is 12.2 Å². The molecule has 0 spiro atoms. The molecular formula is C14H23NO3S. The monoisotopic (exact) mass is 285 g/mol. The van der Waals surface area contributed by atoms with Crippen molar-refractivity contribution in [3.05, 3.63) is 0 Å². The topological polar surface area (TPSA) is 66.4 Å². The molecule has 1 saturated heterocycles. The van der Waals surface area contributed by atoms with Gasteiger partial charge in [-0.2, -0.15) is 11.8 Å². The molecule has 0 aromatic rings. The number of amides is 1. The molecule has 1 atom stereocenters. The minimum atomic E-state index is -1.00. The number of carbonyl (C=O) groups is 2. The first-order valence-corrected chi connectivity index (χ1v) is 8.36. The third-order valence-corrected chi connectivity index (χ3v) is 5.77. The number of carboxylic acid groups (broad SMARTS) is 1. The van der Waals surface area contributed by atoms with Crippen LogP contribution in [0, 0.1) is 11.8 Å². The minimum Gasteiger partial charge on any atom is -0.480 e. The molecule has 2 rings (SSSR count). The van der Waals surface area contributed by atoms with Crippen LogP contribution in [0.3, 0.4) is 0 Å². The zero-order chi connectivity index (χ0) is 13.9. The van der Waals surface area contributed by atoms with E-state index in [1.807, 2.05) is 0 Å². The zero-order valence-electron chi connectivity index (χ0n) is 11.5. The second kappa shape index (κ2) is 6.16. The Morgan fingerprint density at radius 1 is 1.32 bits per heavy atom. The van der Waals surface area contributed by atoms with Crippen molar-refractivity contribution >= 4 is 23.6 Å². The first-order chi connectivity index (χ1) is 9.07. The quantitative estimate of drug-likeness (QED) is 0.831. The van der Waals surface area contributed by atoms with Crippen molar-refractivity contribution in [1.82, 2.24) is 5.32 Å². The van der Waals surface area contributed by atoms with Gasteiger partial charge in [-0.25, -0.2) is 4.79 Å². The van der Waals surface area contributed by atoms with Crippen LogP contribution in [0.25, 0.3) is 0 Å². The van der Waals surface area contributed by atoms with Gasteiger partial charge in [-0.05, 0) is 43.8 Å². The molecule has 2 N–H and O–H groups in total. The fourth-order valence-corrected chi connectivity index (χ4v) is 4.27. The SMILES string of the molecule is CCC1CCC(NC(=O)C2CCSC2)(C(=O)O)CC1. The van der Waals surface area contributed by atoms with Gasteiger partial charge in [0.2, 0.25) is 5.91 Å². The van der Waals surface area contributed by atoms with Gasteiger partial charge in [-0.3, -0.25) is 4.79 Å². The highest BCUT2D eigenvalue weighted by molar-refractivity contribution is 7.99. The minimum absolute atomic E-state index is 0.00474. The molecule has 0 aromatic heterocycles. The first kappa shape index (κ1) is 14.7. The van der Waals surface area contributed by atoms with Crippen molar-refractivity contribution in [2.45, 2.75) is 51.0 Å². The van der Waals surface area contributed by atoms with Crippen LogP contribution in [-0.4, -0.2) is 34.0 Å². The molecule has 1 aliphatic carbocycles. The van der Waals surface area contributed by atoms with E-state index in [1.54, 1.807) is 11.8 Å². The van der Waals surface area contributed by atoms with Gasteiger partial charge in [0, 0.05) is 11.7 Å². The third kappa shape index (κ3) is 3.25. The molecule has 0 radical (unpaired) electrons. The van der Waals surface area contributed by atoms with Gasteiger partial charge in [-0.1, -0.05) is 13.3 Å². The summed E-state index contributed by atoms with van der Waals surface area (Å²) in [6.07, 6.45) is 4.94. The fourth-order valence-electron chi connectivity index (χ4n) is 3.05. The Labute approximate surface area is 118 Å². The largest absolute Gasteiger partial charge is 0.480 e. The van der Waals surface area contributed by atoms with Crippen molar-refractivity contribution in [2.24, 2.45) is 11.8 Å². The summed E-state index contributed by atoms with van der Waals surface area (Å²) in [7, 11) is 0. The van der Waals surface area contributed by atoms with Crippen LogP contribution in [0.5, 0.6) is 0 Å². The molecule has 2 fully saturated rings. The lowest BCUT2D eigenvalue weighted by atomic mass is 9.75. The number of hydrogen-bond acceptors (Lipinski definition) is 3. The smallest absolute Gasteiger partial charge is 0.329 e. The van der Waals surface area contributed by atoms with E-state index in [4.69, 9.17) is 0 Å². The van der Waals surface area contributed by atoms with Gasteiger partial charge in [0.15, 0.2) is 0 Å². The van der Waals surface area contributed by atoms with Crippen LogP contribution < -0.4 is 5.32 Å². The van der Waals surface area contributed by atoms with Gasteiger partial charge in [-0.15, -0.1) is 0 Å². The van der Waals surface area contributed by atoms with Crippen molar-refractivity contribution < 1.29 is 14.7 Å². The molecular weight excluding hydrogens is 262 g/mol. The van der Waals surface area contributed by atoms with E-state index in [0.29, 0.717) is 18.8 Å². The Balaban J connectivity index is 2.00. The summed E-state index contributed by atoms with van der Waals surface area (Å²) < 4.78 is 0. The van der Waals surface area contributed by atoms with Crippen LogP contribution in [0.4, 0.5) is 0 Å². The van der Waals surface area contributed by atoms with Crippen molar-refractivity contribution in [3.63, 3.8) is 0 Å². The Bertz CT molecular complexity index is 345. The predicted octanol–water partition coefficient (Wildman–Crippen LogP) is 2.28. The van der Waals surface area contributed by atoms with Gasteiger partial charge in [0.25, 0.3) is 0 Å². The number of nitrogens with one attached hydrogen (secondary N) is 1. The summed E-state index contributed by atoms with van der Waals surface area (Å²) in [4.78, 5) is 23.8. The average Bonchev–Trinajstić information content (AvgIpc) is 2.93. The molecule has 1 heterocycles. The molecule has 1 unspecified atom stereocenters. The summed E-state index contributed by atoms with van der Waals surface area (Å²) >= 11 is 1.78. The second-order valence-electron chi connectivity index (χ2n) is 5.79. The number of aliphatic carboxylic acids is 1. The number of hydrogen-bond donors (Lipinski definition) is 2. The molecule has 2 aliphatic rings. The molecule has 108 valence electrons. The molecule has 5 heteroatoms. The number of thioether (sulfide) groups is 1. The van der Waals surface area contributed by atoms with E-state index in [1.165, 1.54) is 0 Å². The summed E-state index contributed by atoms with van der Waals surface area (Å²) in [6.45, 7) is 2.15. The maximum atomic E-state index is 12.2. The Kier molecular flexibility index (Phi) is 4.76. The number of rotatable bonds is 4. The highest BCUT2D eigenvalue weighted by atomic mass is 32.2. The van der Waals surface area contributed by atoms with Crippen LogP contribution in [0.2, 0.25) is 0 Å². The number of carboxylic acids is 1. The Morgan fingerprint density at radius 2 is 2.00 bits per heavy atom. The second-order valence-corrected chi connectivity index (χ2v) is 6.94. The van der Waals surface area contributed by atoms with Crippen molar-refractivity contribution in [1.29, 1.82) is 0 Å². The van der Waals surface area contributed by atoms with Gasteiger partial charge >= 0.3 is 5.97 Å². The lowest BCUT2D eigenvalue weighted by Crippen LogP contribution is -2.57. The number of carbonyl (C=O) groups excluding carboxylic acids is 1. The molecule has 19 heavy (non-hydrogen) atoms. The summed E-state index contributed by atoms with van der Waals surface area (Å²) in [5.41, 5.74) is -1.00. The molecule has 1 aliphatic heterocycles. The van der Waals surface area contributed by atoms with Gasteiger partial charge in [0.1, 0.15) is 5.54 Å². The Hall–Kier alpha value is -0.710. The zero-order valence-corrected chi connectivity index (χ0v) is 12.3. The maximum absolute atomic E-state index is 12.2. The molecule has 0 aromatic carbocycles. The van der Waals surface area contributed by atoms with Crippen molar-refractivity contribution in [3.8, 4) is 0 Å². The van der Waals surface area contributed by atoms with Crippen LogP contribution in [0.15, 0.2) is 0 Å². The van der Waals surface area contributed by atoms with Crippen LogP contribution in [0.1, 0.15) is 45.4 Å². The lowest BCUT2D eigenvalue weighted by molar-refractivity contribution is -0.150. The van der Waals surface area contributed by atoms with E-state index in [0.717, 1.165) is 37.2 Å². The van der Waals surface area contributed by atoms with Crippen LogP contribution in [-0.2, 0) is 9.59 Å². The first-order valence-electron chi connectivity index (χ1n) is 7.20. The summed E-state index contributed by atoms with van der Waals surface area (Å²) in [6, 6.07) is 0. The molecule has 4 nitrogen and oxygen atoms in total. The molecule has 1 amide bonds. The highest BCUT2D eigenvalue weighted by Crippen LogP contribution is 2.35.